The third-order valence-corrected chi connectivity index (χ3v) is 6.30. The lowest BCUT2D eigenvalue weighted by Gasteiger charge is -2.36. The van der Waals surface area contributed by atoms with Crippen LogP contribution < -0.4 is 0 Å². The molecule has 7 nitrogen and oxygen atoms in total. The van der Waals surface area contributed by atoms with Gasteiger partial charge < -0.3 is 9.80 Å². The van der Waals surface area contributed by atoms with Gasteiger partial charge in [0.1, 0.15) is 0 Å². The van der Waals surface area contributed by atoms with Crippen molar-refractivity contribution in [1.82, 2.24) is 14.7 Å². The molecule has 0 aromatic carbocycles. The standard InChI is InChI=1S/C14H25N3O4S/c1-3-15(13-4-9-22(20,21)11-13)10-14(19)17-7-5-16(6-8-17)12(2)18/h13H,3-11H2,1-2H3. The molecule has 0 aromatic heterocycles. The minimum absolute atomic E-state index is 0.0225. The number of carbonyl (C=O) groups is 2. The highest BCUT2D eigenvalue weighted by molar-refractivity contribution is 7.91. The second kappa shape index (κ2) is 6.95. The molecule has 2 aliphatic rings. The first-order chi connectivity index (χ1) is 10.3. The maximum Gasteiger partial charge on any atom is 0.236 e. The van der Waals surface area contributed by atoms with E-state index < -0.39 is 9.84 Å². The number of piperazine rings is 1. The summed E-state index contributed by atoms with van der Waals surface area (Å²) in [7, 11) is -2.94. The Labute approximate surface area is 132 Å². The summed E-state index contributed by atoms with van der Waals surface area (Å²) in [5.41, 5.74) is 0. The molecule has 22 heavy (non-hydrogen) atoms. The van der Waals surface area contributed by atoms with Crippen LogP contribution in [-0.2, 0) is 19.4 Å². The van der Waals surface area contributed by atoms with Crippen LogP contribution in [0, 0.1) is 0 Å². The number of likely N-dealkylation sites (N-methyl/N-ethyl adjacent to an activating group) is 1. The van der Waals surface area contributed by atoms with Gasteiger partial charge in [-0.3, -0.25) is 14.5 Å². The normalized spacial score (nSPS) is 24.8. The molecule has 2 aliphatic heterocycles. The second-order valence-electron chi connectivity index (χ2n) is 6.01. The molecule has 2 fully saturated rings. The zero-order chi connectivity index (χ0) is 16.3. The van der Waals surface area contributed by atoms with E-state index in [0.29, 0.717) is 39.1 Å². The smallest absolute Gasteiger partial charge is 0.236 e. The average molecular weight is 331 g/mol. The van der Waals surface area contributed by atoms with Crippen LogP contribution in [0.15, 0.2) is 0 Å². The van der Waals surface area contributed by atoms with Crippen molar-refractivity contribution in [3.05, 3.63) is 0 Å². The van der Waals surface area contributed by atoms with Gasteiger partial charge in [0.25, 0.3) is 0 Å². The van der Waals surface area contributed by atoms with Crippen LogP contribution in [0.25, 0.3) is 0 Å². The van der Waals surface area contributed by atoms with E-state index in [1.807, 2.05) is 11.8 Å². The van der Waals surface area contributed by atoms with Crippen molar-refractivity contribution in [2.24, 2.45) is 0 Å². The fourth-order valence-corrected chi connectivity index (χ4v) is 4.87. The molecule has 0 aromatic rings. The summed E-state index contributed by atoms with van der Waals surface area (Å²) in [6.45, 7) is 6.67. The summed E-state index contributed by atoms with van der Waals surface area (Å²) in [4.78, 5) is 29.2. The van der Waals surface area contributed by atoms with E-state index in [4.69, 9.17) is 0 Å². The number of carbonyl (C=O) groups excluding carboxylic acids is 2. The van der Waals surface area contributed by atoms with Gasteiger partial charge in [-0.2, -0.15) is 0 Å². The molecule has 0 aliphatic carbocycles. The van der Waals surface area contributed by atoms with Crippen molar-refractivity contribution in [1.29, 1.82) is 0 Å². The van der Waals surface area contributed by atoms with Crippen LogP contribution in [-0.4, -0.2) is 91.7 Å². The van der Waals surface area contributed by atoms with Gasteiger partial charge in [0.05, 0.1) is 18.1 Å². The number of nitrogens with zero attached hydrogens (tertiary/aromatic N) is 3. The van der Waals surface area contributed by atoms with E-state index in [-0.39, 0.29) is 35.9 Å². The van der Waals surface area contributed by atoms with Crippen molar-refractivity contribution in [2.45, 2.75) is 26.3 Å². The van der Waals surface area contributed by atoms with Gasteiger partial charge in [-0.25, -0.2) is 8.42 Å². The van der Waals surface area contributed by atoms with Gasteiger partial charge in [0, 0.05) is 39.1 Å². The van der Waals surface area contributed by atoms with Crippen LogP contribution in [0.1, 0.15) is 20.3 Å². The van der Waals surface area contributed by atoms with E-state index in [1.165, 1.54) is 6.92 Å². The Hall–Kier alpha value is -1.15. The van der Waals surface area contributed by atoms with E-state index in [1.54, 1.807) is 9.80 Å². The predicted octanol–water partition coefficient (Wildman–Crippen LogP) is -0.814. The van der Waals surface area contributed by atoms with Gasteiger partial charge in [-0.1, -0.05) is 6.92 Å². The molecule has 0 spiro atoms. The van der Waals surface area contributed by atoms with Crippen molar-refractivity contribution in [3.63, 3.8) is 0 Å². The predicted molar refractivity (Wildman–Crippen MR) is 83.1 cm³/mol. The van der Waals surface area contributed by atoms with Crippen LogP contribution in [0.4, 0.5) is 0 Å². The Morgan fingerprint density at radius 3 is 2.18 bits per heavy atom. The summed E-state index contributed by atoms with van der Waals surface area (Å²) >= 11 is 0. The Kier molecular flexibility index (Phi) is 5.44. The number of amides is 2. The van der Waals surface area contributed by atoms with Gasteiger partial charge in [0.2, 0.25) is 11.8 Å². The topological polar surface area (TPSA) is 78.0 Å². The Bertz CT molecular complexity index is 526. The van der Waals surface area contributed by atoms with Gasteiger partial charge in [-0.05, 0) is 13.0 Å². The molecule has 0 N–H and O–H groups in total. The van der Waals surface area contributed by atoms with E-state index >= 15 is 0 Å². The molecule has 2 rings (SSSR count). The second-order valence-corrected chi connectivity index (χ2v) is 8.24. The van der Waals surface area contributed by atoms with E-state index in [0.717, 1.165) is 0 Å². The molecule has 0 radical (unpaired) electrons. The molecule has 2 saturated heterocycles. The van der Waals surface area contributed by atoms with Crippen molar-refractivity contribution >= 4 is 21.7 Å². The summed E-state index contributed by atoms with van der Waals surface area (Å²) in [5.74, 6) is 0.444. The number of sulfone groups is 1. The van der Waals surface area contributed by atoms with E-state index in [2.05, 4.69) is 0 Å². The highest BCUT2D eigenvalue weighted by Gasteiger charge is 2.33. The van der Waals surface area contributed by atoms with Gasteiger partial charge in [-0.15, -0.1) is 0 Å². The number of hydrogen-bond donors (Lipinski definition) is 0. The van der Waals surface area contributed by atoms with Gasteiger partial charge >= 0.3 is 0 Å². The van der Waals surface area contributed by atoms with Crippen LogP contribution >= 0.6 is 0 Å². The quantitative estimate of drug-likeness (QED) is 0.673. The largest absolute Gasteiger partial charge is 0.339 e. The summed E-state index contributed by atoms with van der Waals surface area (Å²) < 4.78 is 23.2. The third-order valence-electron chi connectivity index (χ3n) is 4.55. The number of hydrogen-bond acceptors (Lipinski definition) is 5. The van der Waals surface area contributed by atoms with Crippen molar-refractivity contribution in [3.8, 4) is 0 Å². The maximum absolute atomic E-state index is 12.4. The monoisotopic (exact) mass is 331 g/mol. The SMILES string of the molecule is CCN(CC(=O)N1CCN(C(C)=O)CC1)C1CCS(=O)(=O)C1. The molecular weight excluding hydrogens is 306 g/mol. The fraction of sp³-hybridized carbons (Fsp3) is 0.857. The lowest BCUT2D eigenvalue weighted by Crippen LogP contribution is -2.53. The first-order valence-corrected chi connectivity index (χ1v) is 9.62. The summed E-state index contributed by atoms with van der Waals surface area (Å²) in [6.07, 6.45) is 0.613. The maximum atomic E-state index is 12.4. The van der Waals surface area contributed by atoms with Gasteiger partial charge in [0.15, 0.2) is 9.84 Å². The minimum Gasteiger partial charge on any atom is -0.339 e. The first kappa shape index (κ1) is 17.2. The molecule has 2 heterocycles. The fourth-order valence-electron chi connectivity index (χ4n) is 3.11. The lowest BCUT2D eigenvalue weighted by atomic mass is 10.2. The Balaban J connectivity index is 1.87. The first-order valence-electron chi connectivity index (χ1n) is 7.80. The van der Waals surface area contributed by atoms with Crippen LogP contribution in [0.3, 0.4) is 0 Å². The Morgan fingerprint density at radius 1 is 1.14 bits per heavy atom. The highest BCUT2D eigenvalue weighted by Crippen LogP contribution is 2.17. The number of rotatable bonds is 4. The zero-order valence-electron chi connectivity index (χ0n) is 13.3. The molecule has 0 bridgehead atoms. The summed E-state index contributed by atoms with van der Waals surface area (Å²) in [6, 6.07) is -0.0440. The molecule has 0 saturated carbocycles. The average Bonchev–Trinajstić information content (AvgIpc) is 2.84. The molecular formula is C14H25N3O4S. The lowest BCUT2D eigenvalue weighted by molar-refractivity contribution is -0.139. The van der Waals surface area contributed by atoms with Crippen LogP contribution in [0.5, 0.6) is 0 Å². The minimum atomic E-state index is -2.94. The molecule has 126 valence electrons. The summed E-state index contributed by atoms with van der Waals surface area (Å²) in [5, 5.41) is 0. The molecule has 2 amide bonds. The molecule has 1 atom stereocenters. The molecule has 1 unspecified atom stereocenters. The van der Waals surface area contributed by atoms with Crippen LogP contribution in [0.2, 0.25) is 0 Å². The van der Waals surface area contributed by atoms with Crippen molar-refractivity contribution < 1.29 is 18.0 Å². The Morgan fingerprint density at radius 2 is 1.73 bits per heavy atom. The third kappa shape index (κ3) is 4.19. The molecule has 8 heteroatoms. The highest BCUT2D eigenvalue weighted by atomic mass is 32.2. The van der Waals surface area contributed by atoms with E-state index in [9.17, 15) is 18.0 Å². The van der Waals surface area contributed by atoms with Crippen molar-refractivity contribution in [2.75, 3.05) is 50.8 Å². The zero-order valence-corrected chi connectivity index (χ0v) is 14.1.